The molecule has 0 aliphatic heterocycles. The number of nitrogens with zero attached hydrogens (tertiary/aromatic N) is 1. The van der Waals surface area contributed by atoms with Gasteiger partial charge in [0.1, 0.15) is 11.9 Å². The van der Waals surface area contributed by atoms with Crippen LogP contribution in [0.3, 0.4) is 0 Å². The molecule has 0 N–H and O–H groups in total. The van der Waals surface area contributed by atoms with E-state index in [-0.39, 0.29) is 40.3 Å². The monoisotopic (exact) mass is 449 g/mol. The van der Waals surface area contributed by atoms with Crippen LogP contribution in [-0.2, 0) is 9.59 Å². The van der Waals surface area contributed by atoms with Gasteiger partial charge in [-0.1, -0.05) is 67.7 Å². The van der Waals surface area contributed by atoms with Crippen molar-refractivity contribution in [3.05, 3.63) is 11.1 Å². The van der Waals surface area contributed by atoms with E-state index < -0.39 is 5.41 Å². The van der Waals surface area contributed by atoms with Crippen LogP contribution in [0, 0.1) is 74.9 Å². The number of carbonyl (C=O) groups excluding carboxylic acids is 2. The van der Waals surface area contributed by atoms with Gasteiger partial charge in [-0.15, -0.1) is 0 Å². The molecule has 180 valence electrons. The van der Waals surface area contributed by atoms with Crippen molar-refractivity contribution in [2.75, 3.05) is 0 Å². The zero-order valence-electron chi connectivity index (χ0n) is 21.8. The molecule has 8 unspecified atom stereocenters. The van der Waals surface area contributed by atoms with E-state index in [0.29, 0.717) is 35.0 Å². The number of ketones is 2. The third-order valence-electron chi connectivity index (χ3n) is 11.6. The van der Waals surface area contributed by atoms with E-state index in [1.807, 2.05) is 0 Å². The highest BCUT2D eigenvalue weighted by Gasteiger charge is 2.67. The molecule has 0 radical (unpaired) electrons. The number of hydrogen-bond acceptors (Lipinski definition) is 3. The predicted octanol–water partition coefficient (Wildman–Crippen LogP) is 6.77. The summed E-state index contributed by atoms with van der Waals surface area (Å²) in [5, 5.41) is 10.4. The van der Waals surface area contributed by atoms with Crippen molar-refractivity contribution in [3.8, 4) is 6.07 Å². The Morgan fingerprint density at radius 3 is 2.24 bits per heavy atom. The molecule has 5 aliphatic carbocycles. The van der Waals surface area contributed by atoms with Gasteiger partial charge in [-0.2, -0.15) is 5.26 Å². The van der Waals surface area contributed by atoms with E-state index >= 15 is 0 Å². The molecule has 0 aromatic carbocycles. The molecule has 0 heterocycles. The van der Waals surface area contributed by atoms with Crippen LogP contribution in [0.25, 0.3) is 0 Å². The fourth-order valence-corrected chi connectivity index (χ4v) is 10.2. The zero-order chi connectivity index (χ0) is 24.1. The maximum Gasteiger partial charge on any atom is 0.176 e. The van der Waals surface area contributed by atoms with Gasteiger partial charge in [0.05, 0.1) is 5.57 Å². The summed E-state index contributed by atoms with van der Waals surface area (Å²) in [6.07, 6.45) is 8.35. The molecule has 4 fully saturated rings. The van der Waals surface area contributed by atoms with Crippen LogP contribution >= 0.6 is 0 Å². The Kier molecular flexibility index (Phi) is 5.15. The fourth-order valence-electron chi connectivity index (χ4n) is 10.2. The molecule has 5 aliphatic rings. The normalized spacial score (nSPS) is 45.3. The average molecular weight is 450 g/mol. The molecule has 8 atom stereocenters. The SMILES string of the molecule is CC1C(=O)C(C)(C)C2C(C3=C(C#N)C(=O)C4C5CCCCC5CCC4C3CC2(C)C)C1(C)C. The Hall–Kier alpha value is -1.43. The second-order valence-corrected chi connectivity index (χ2v) is 14.2. The molecule has 0 amide bonds. The molecule has 0 aromatic heterocycles. The van der Waals surface area contributed by atoms with Crippen molar-refractivity contribution >= 4 is 11.6 Å². The topological polar surface area (TPSA) is 57.9 Å². The largest absolute Gasteiger partial charge is 0.299 e. The van der Waals surface area contributed by atoms with E-state index in [1.165, 1.54) is 31.3 Å². The summed E-state index contributed by atoms with van der Waals surface area (Å²) in [5.74, 6) is 2.60. The molecule has 3 heteroatoms. The minimum absolute atomic E-state index is 0.00960. The van der Waals surface area contributed by atoms with Crippen LogP contribution in [0.2, 0.25) is 0 Å². The number of fused-ring (bicyclic) bond motifs is 7. The summed E-state index contributed by atoms with van der Waals surface area (Å²) in [5.41, 5.74) is 0.940. The molecule has 0 saturated heterocycles. The number of allylic oxidation sites excluding steroid dienone is 2. The highest BCUT2D eigenvalue weighted by atomic mass is 16.1. The lowest BCUT2D eigenvalue weighted by Crippen LogP contribution is -2.64. The van der Waals surface area contributed by atoms with E-state index in [1.54, 1.807) is 0 Å². The van der Waals surface area contributed by atoms with Crippen molar-refractivity contribution in [2.24, 2.45) is 63.6 Å². The molecule has 33 heavy (non-hydrogen) atoms. The number of rotatable bonds is 0. The molecule has 5 rings (SSSR count). The molecular weight excluding hydrogens is 406 g/mol. The second-order valence-electron chi connectivity index (χ2n) is 14.2. The van der Waals surface area contributed by atoms with Gasteiger partial charge >= 0.3 is 0 Å². The average Bonchev–Trinajstić information content (AvgIpc) is 2.76. The molecule has 0 bridgehead atoms. The zero-order valence-corrected chi connectivity index (χ0v) is 21.8. The van der Waals surface area contributed by atoms with Crippen LogP contribution in [0.4, 0.5) is 0 Å². The highest BCUT2D eigenvalue weighted by molar-refractivity contribution is 6.03. The lowest BCUT2D eigenvalue weighted by Gasteiger charge is -2.66. The van der Waals surface area contributed by atoms with Crippen LogP contribution in [-0.4, -0.2) is 11.6 Å². The lowest BCUT2D eigenvalue weighted by atomic mass is 9.37. The van der Waals surface area contributed by atoms with Crippen LogP contribution < -0.4 is 0 Å². The van der Waals surface area contributed by atoms with Gasteiger partial charge in [0.2, 0.25) is 0 Å². The molecule has 3 nitrogen and oxygen atoms in total. The number of hydrogen-bond donors (Lipinski definition) is 0. The Morgan fingerprint density at radius 1 is 0.909 bits per heavy atom. The van der Waals surface area contributed by atoms with Gasteiger partial charge in [-0.25, -0.2) is 0 Å². The first-order chi connectivity index (χ1) is 15.4. The van der Waals surface area contributed by atoms with E-state index in [2.05, 4.69) is 54.5 Å². The first-order valence-electron chi connectivity index (χ1n) is 13.6. The van der Waals surface area contributed by atoms with E-state index in [0.717, 1.165) is 19.3 Å². The third-order valence-corrected chi connectivity index (χ3v) is 11.6. The molecule has 0 aromatic rings. The quantitative estimate of drug-likeness (QED) is 0.410. The lowest BCUT2D eigenvalue weighted by molar-refractivity contribution is -0.168. The van der Waals surface area contributed by atoms with E-state index in [4.69, 9.17) is 0 Å². The minimum Gasteiger partial charge on any atom is -0.299 e. The fraction of sp³-hybridized carbons (Fsp3) is 0.833. The van der Waals surface area contributed by atoms with Gasteiger partial charge in [-0.3, -0.25) is 9.59 Å². The summed E-state index contributed by atoms with van der Waals surface area (Å²) < 4.78 is 0. The number of nitriles is 1. The molecular formula is C30H43NO2. The Balaban J connectivity index is 1.72. The van der Waals surface area contributed by atoms with Crippen molar-refractivity contribution in [3.63, 3.8) is 0 Å². The van der Waals surface area contributed by atoms with Gasteiger partial charge in [0.15, 0.2) is 5.78 Å². The Morgan fingerprint density at radius 2 is 1.58 bits per heavy atom. The van der Waals surface area contributed by atoms with Crippen LogP contribution in [0.15, 0.2) is 11.1 Å². The Labute approximate surface area is 200 Å². The standard InChI is InChI=1S/C30H43NO2/c1-16-27(33)30(6,7)26-24(29(16,4)5)22-20(14-28(26,2)3)19-13-12-17-10-8-9-11-18(17)23(19)25(32)21(22)15-31/h16-20,23-24,26H,8-14H2,1-7H3. The smallest absolute Gasteiger partial charge is 0.176 e. The first-order valence-corrected chi connectivity index (χ1v) is 13.6. The predicted molar refractivity (Wildman–Crippen MR) is 130 cm³/mol. The summed E-state index contributed by atoms with van der Waals surface area (Å²) in [7, 11) is 0. The molecule has 4 saturated carbocycles. The summed E-state index contributed by atoms with van der Waals surface area (Å²) in [4.78, 5) is 27.7. The summed E-state index contributed by atoms with van der Waals surface area (Å²) >= 11 is 0. The number of carbonyl (C=O) groups is 2. The molecule has 0 spiro atoms. The third kappa shape index (κ3) is 2.98. The van der Waals surface area contributed by atoms with Crippen LogP contribution in [0.1, 0.15) is 93.4 Å². The maximum atomic E-state index is 14.1. The van der Waals surface area contributed by atoms with Crippen molar-refractivity contribution in [1.82, 2.24) is 0 Å². The van der Waals surface area contributed by atoms with Gasteiger partial charge < -0.3 is 0 Å². The van der Waals surface area contributed by atoms with Crippen molar-refractivity contribution < 1.29 is 9.59 Å². The second kappa shape index (κ2) is 7.29. The summed E-state index contributed by atoms with van der Waals surface area (Å²) in [6, 6.07) is 2.48. The maximum absolute atomic E-state index is 14.1. The van der Waals surface area contributed by atoms with Gasteiger partial charge in [0.25, 0.3) is 0 Å². The number of Topliss-reactive ketones (excluding diaryl/α,β-unsaturated/α-hetero) is 2. The van der Waals surface area contributed by atoms with Gasteiger partial charge in [0, 0.05) is 17.3 Å². The van der Waals surface area contributed by atoms with E-state index in [9.17, 15) is 14.9 Å². The Bertz CT molecular complexity index is 960. The van der Waals surface area contributed by atoms with Crippen molar-refractivity contribution in [1.29, 1.82) is 5.26 Å². The first kappa shape index (κ1) is 23.3. The minimum atomic E-state index is -0.456. The summed E-state index contributed by atoms with van der Waals surface area (Å²) in [6.45, 7) is 15.6. The van der Waals surface area contributed by atoms with Crippen molar-refractivity contribution in [2.45, 2.75) is 93.4 Å². The van der Waals surface area contributed by atoms with Gasteiger partial charge in [-0.05, 0) is 77.6 Å². The van der Waals surface area contributed by atoms with Crippen LogP contribution in [0.5, 0.6) is 0 Å². The highest BCUT2D eigenvalue weighted by Crippen LogP contribution is 2.69.